The Morgan fingerprint density at radius 1 is 1.21 bits per heavy atom. The summed E-state index contributed by atoms with van der Waals surface area (Å²) in [6.07, 6.45) is 5.61. The Morgan fingerprint density at radius 2 is 2.05 bits per heavy atom. The van der Waals surface area contributed by atoms with Crippen LogP contribution in [0, 0.1) is 0 Å². The zero-order valence-corrected chi connectivity index (χ0v) is 13.2. The van der Waals surface area contributed by atoms with Gasteiger partial charge in [0.2, 0.25) is 0 Å². The van der Waals surface area contributed by atoms with Crippen LogP contribution >= 0.6 is 11.6 Å². The fourth-order valence-electron chi connectivity index (χ4n) is 3.24. The van der Waals surface area contributed by atoms with E-state index in [-0.39, 0.29) is 0 Å². The number of rotatable bonds is 4. The van der Waals surface area contributed by atoms with Gasteiger partial charge in [-0.2, -0.15) is 0 Å². The molecule has 0 saturated carbocycles. The SMILES string of the molecule is CC(C)N1CCOC(CN2CCCCCC2CCl)C1. The van der Waals surface area contributed by atoms with Gasteiger partial charge in [0.1, 0.15) is 0 Å². The minimum atomic E-state index is 0.361. The summed E-state index contributed by atoms with van der Waals surface area (Å²) in [5, 5.41) is 0. The van der Waals surface area contributed by atoms with E-state index in [1.54, 1.807) is 0 Å². The van der Waals surface area contributed by atoms with E-state index in [0.717, 1.165) is 32.1 Å². The van der Waals surface area contributed by atoms with Gasteiger partial charge in [-0.15, -0.1) is 11.6 Å². The van der Waals surface area contributed by atoms with E-state index in [4.69, 9.17) is 16.3 Å². The summed E-state index contributed by atoms with van der Waals surface area (Å²) in [6, 6.07) is 1.18. The molecule has 0 aromatic rings. The van der Waals surface area contributed by atoms with E-state index in [0.29, 0.717) is 18.2 Å². The zero-order chi connectivity index (χ0) is 13.7. The van der Waals surface area contributed by atoms with Crippen molar-refractivity contribution in [3.8, 4) is 0 Å². The molecule has 2 fully saturated rings. The van der Waals surface area contributed by atoms with Crippen LogP contribution in [0.1, 0.15) is 39.5 Å². The van der Waals surface area contributed by atoms with Crippen molar-refractivity contribution in [1.82, 2.24) is 9.80 Å². The van der Waals surface area contributed by atoms with Crippen LogP contribution in [0.2, 0.25) is 0 Å². The van der Waals surface area contributed by atoms with Gasteiger partial charge in [0.25, 0.3) is 0 Å². The maximum absolute atomic E-state index is 6.15. The maximum atomic E-state index is 6.15. The average Bonchev–Trinajstić information content (AvgIpc) is 2.64. The molecule has 112 valence electrons. The molecule has 19 heavy (non-hydrogen) atoms. The Morgan fingerprint density at radius 3 is 2.79 bits per heavy atom. The van der Waals surface area contributed by atoms with Gasteiger partial charge >= 0.3 is 0 Å². The standard InChI is InChI=1S/C15H29ClN2O/c1-13(2)17-8-9-19-15(11-17)12-18-7-5-3-4-6-14(18)10-16/h13-15H,3-12H2,1-2H3. The Bertz CT molecular complexity index is 263. The van der Waals surface area contributed by atoms with Crippen molar-refractivity contribution >= 4 is 11.6 Å². The van der Waals surface area contributed by atoms with Crippen LogP contribution < -0.4 is 0 Å². The number of ether oxygens (including phenoxy) is 1. The summed E-state index contributed by atoms with van der Waals surface area (Å²) in [7, 11) is 0. The summed E-state index contributed by atoms with van der Waals surface area (Å²) in [6.45, 7) is 9.82. The lowest BCUT2D eigenvalue weighted by Crippen LogP contribution is -2.51. The number of likely N-dealkylation sites (tertiary alicyclic amines) is 1. The van der Waals surface area contributed by atoms with Crippen LogP contribution in [-0.4, -0.2) is 66.7 Å². The second kappa shape index (κ2) is 7.82. The molecule has 0 aromatic heterocycles. The quantitative estimate of drug-likeness (QED) is 0.740. The van der Waals surface area contributed by atoms with Crippen LogP contribution in [0.5, 0.6) is 0 Å². The molecule has 2 aliphatic heterocycles. The van der Waals surface area contributed by atoms with E-state index in [2.05, 4.69) is 23.6 Å². The predicted octanol–water partition coefficient (Wildman–Crippen LogP) is 2.58. The van der Waals surface area contributed by atoms with E-state index >= 15 is 0 Å². The number of alkyl halides is 1. The Hall–Kier alpha value is 0.170. The fraction of sp³-hybridized carbons (Fsp3) is 1.00. The highest BCUT2D eigenvalue weighted by molar-refractivity contribution is 6.18. The van der Waals surface area contributed by atoms with Gasteiger partial charge in [-0.05, 0) is 33.2 Å². The number of hydrogen-bond donors (Lipinski definition) is 0. The third-order valence-corrected chi connectivity index (χ3v) is 4.87. The molecule has 0 radical (unpaired) electrons. The molecule has 4 heteroatoms. The minimum Gasteiger partial charge on any atom is -0.374 e. The molecule has 0 amide bonds. The molecule has 2 rings (SSSR count). The molecule has 0 spiro atoms. The summed E-state index contributed by atoms with van der Waals surface area (Å²) in [5.41, 5.74) is 0. The molecule has 0 aliphatic carbocycles. The van der Waals surface area contributed by atoms with Crippen LogP contribution in [0.3, 0.4) is 0 Å². The van der Waals surface area contributed by atoms with Crippen LogP contribution in [0.4, 0.5) is 0 Å². The van der Waals surface area contributed by atoms with Crippen molar-refractivity contribution in [3.63, 3.8) is 0 Å². The van der Waals surface area contributed by atoms with Crippen molar-refractivity contribution in [2.24, 2.45) is 0 Å². The number of halogens is 1. The minimum absolute atomic E-state index is 0.361. The van der Waals surface area contributed by atoms with Gasteiger partial charge in [0.05, 0.1) is 12.7 Å². The number of nitrogens with zero attached hydrogens (tertiary/aromatic N) is 2. The van der Waals surface area contributed by atoms with E-state index in [9.17, 15) is 0 Å². The van der Waals surface area contributed by atoms with E-state index in [1.807, 2.05) is 0 Å². The summed E-state index contributed by atoms with van der Waals surface area (Å²) >= 11 is 6.15. The van der Waals surface area contributed by atoms with Gasteiger partial charge < -0.3 is 4.74 Å². The summed E-state index contributed by atoms with van der Waals surface area (Å²) in [5.74, 6) is 0.764. The molecule has 2 saturated heterocycles. The molecule has 0 N–H and O–H groups in total. The topological polar surface area (TPSA) is 15.7 Å². The third-order valence-electron chi connectivity index (χ3n) is 4.52. The predicted molar refractivity (Wildman–Crippen MR) is 81.0 cm³/mol. The molecular weight excluding hydrogens is 260 g/mol. The van der Waals surface area contributed by atoms with Gasteiger partial charge in [0.15, 0.2) is 0 Å². The van der Waals surface area contributed by atoms with Crippen LogP contribution in [0.15, 0.2) is 0 Å². The normalized spacial score (nSPS) is 31.6. The molecule has 2 atom stereocenters. The Labute approximate surface area is 123 Å². The van der Waals surface area contributed by atoms with Gasteiger partial charge in [-0.25, -0.2) is 0 Å². The van der Waals surface area contributed by atoms with Crippen molar-refractivity contribution < 1.29 is 4.74 Å². The first-order valence-electron chi connectivity index (χ1n) is 7.86. The van der Waals surface area contributed by atoms with Crippen molar-refractivity contribution in [2.45, 2.75) is 57.7 Å². The smallest absolute Gasteiger partial charge is 0.0829 e. The van der Waals surface area contributed by atoms with Gasteiger partial charge in [-0.1, -0.05) is 12.8 Å². The lowest BCUT2D eigenvalue weighted by atomic mass is 10.1. The molecule has 0 bridgehead atoms. The lowest BCUT2D eigenvalue weighted by Gasteiger charge is -2.39. The molecule has 2 aliphatic rings. The van der Waals surface area contributed by atoms with Crippen molar-refractivity contribution in [3.05, 3.63) is 0 Å². The number of morpholine rings is 1. The highest BCUT2D eigenvalue weighted by Gasteiger charge is 2.27. The van der Waals surface area contributed by atoms with Crippen LogP contribution in [-0.2, 0) is 4.74 Å². The first kappa shape index (κ1) is 15.6. The number of hydrogen-bond acceptors (Lipinski definition) is 3. The van der Waals surface area contributed by atoms with Gasteiger partial charge in [0, 0.05) is 37.6 Å². The first-order chi connectivity index (χ1) is 9.20. The molecule has 2 heterocycles. The lowest BCUT2D eigenvalue weighted by molar-refractivity contribution is -0.0556. The largest absolute Gasteiger partial charge is 0.374 e. The highest BCUT2D eigenvalue weighted by Crippen LogP contribution is 2.20. The van der Waals surface area contributed by atoms with Crippen LogP contribution in [0.25, 0.3) is 0 Å². The Balaban J connectivity index is 1.87. The zero-order valence-electron chi connectivity index (χ0n) is 12.5. The second-order valence-electron chi connectivity index (χ2n) is 6.23. The average molecular weight is 289 g/mol. The maximum Gasteiger partial charge on any atom is 0.0829 e. The molecule has 2 unspecified atom stereocenters. The van der Waals surface area contributed by atoms with Crippen molar-refractivity contribution in [2.75, 3.05) is 38.7 Å². The summed E-state index contributed by atoms with van der Waals surface area (Å²) < 4.78 is 5.97. The monoisotopic (exact) mass is 288 g/mol. The highest BCUT2D eigenvalue weighted by atomic mass is 35.5. The third kappa shape index (κ3) is 4.59. The summed E-state index contributed by atoms with van der Waals surface area (Å²) in [4.78, 5) is 5.11. The first-order valence-corrected chi connectivity index (χ1v) is 8.40. The Kier molecular flexibility index (Phi) is 6.40. The molecule has 0 aromatic carbocycles. The molecular formula is C15H29ClN2O. The van der Waals surface area contributed by atoms with Gasteiger partial charge in [-0.3, -0.25) is 9.80 Å². The fourth-order valence-corrected chi connectivity index (χ4v) is 3.58. The van der Waals surface area contributed by atoms with E-state index in [1.165, 1.54) is 32.2 Å². The van der Waals surface area contributed by atoms with E-state index < -0.39 is 0 Å². The van der Waals surface area contributed by atoms with Crippen molar-refractivity contribution in [1.29, 1.82) is 0 Å². The molecule has 3 nitrogen and oxygen atoms in total. The second-order valence-corrected chi connectivity index (χ2v) is 6.54.